The minimum atomic E-state index is -0.544. The van der Waals surface area contributed by atoms with Crippen molar-refractivity contribution in [3.63, 3.8) is 0 Å². The van der Waals surface area contributed by atoms with Crippen LogP contribution in [0.1, 0.15) is 11.1 Å². The molecular formula is C15H11FN2O. The first-order chi connectivity index (χ1) is 9.22. The smallest absolute Gasteiger partial charge is 0.141 e. The summed E-state index contributed by atoms with van der Waals surface area (Å²) in [5.74, 6) is 0.165. The van der Waals surface area contributed by atoms with Crippen LogP contribution in [-0.2, 0) is 0 Å². The van der Waals surface area contributed by atoms with Crippen molar-refractivity contribution in [1.82, 2.24) is 0 Å². The van der Waals surface area contributed by atoms with Gasteiger partial charge in [0.2, 0.25) is 0 Å². The molecule has 3 nitrogen and oxygen atoms in total. The van der Waals surface area contributed by atoms with Crippen LogP contribution < -0.4 is 4.74 Å². The number of ether oxygens (including phenoxy) is 1. The second kappa shape index (κ2) is 5.78. The average Bonchev–Trinajstić information content (AvgIpc) is 2.45. The molecule has 0 aliphatic heterocycles. The van der Waals surface area contributed by atoms with E-state index in [0.29, 0.717) is 17.0 Å². The van der Waals surface area contributed by atoms with Gasteiger partial charge in [0, 0.05) is 12.3 Å². The number of hydrogen-bond donors (Lipinski definition) is 0. The van der Waals surface area contributed by atoms with Gasteiger partial charge in [-0.1, -0.05) is 12.1 Å². The van der Waals surface area contributed by atoms with Crippen molar-refractivity contribution < 1.29 is 9.13 Å². The molecule has 0 radical (unpaired) electrons. The molecule has 0 unspecified atom stereocenters. The molecule has 0 amide bonds. The molecule has 4 heteroatoms. The van der Waals surface area contributed by atoms with Crippen LogP contribution in [0.15, 0.2) is 47.5 Å². The summed E-state index contributed by atoms with van der Waals surface area (Å²) in [5.41, 5.74) is 1.34. The van der Waals surface area contributed by atoms with Crippen LogP contribution in [0.5, 0.6) is 5.75 Å². The Labute approximate surface area is 110 Å². The third-order valence-electron chi connectivity index (χ3n) is 2.53. The van der Waals surface area contributed by atoms with E-state index in [4.69, 9.17) is 10.00 Å². The number of nitriles is 1. The van der Waals surface area contributed by atoms with E-state index in [1.165, 1.54) is 12.1 Å². The highest BCUT2D eigenvalue weighted by atomic mass is 19.1. The van der Waals surface area contributed by atoms with Crippen molar-refractivity contribution in [2.45, 2.75) is 0 Å². The Balaban J connectivity index is 2.23. The lowest BCUT2D eigenvalue weighted by atomic mass is 10.1. The maximum absolute atomic E-state index is 13.4. The molecule has 0 atom stereocenters. The highest BCUT2D eigenvalue weighted by molar-refractivity contribution is 5.82. The topological polar surface area (TPSA) is 45.4 Å². The number of halogens is 1. The normalized spacial score (nSPS) is 10.4. The average molecular weight is 254 g/mol. The van der Waals surface area contributed by atoms with Crippen LogP contribution >= 0.6 is 0 Å². The van der Waals surface area contributed by atoms with Gasteiger partial charge in [-0.25, -0.2) is 4.39 Å². The Bertz CT molecular complexity index is 659. The molecule has 0 aliphatic carbocycles. The zero-order valence-electron chi connectivity index (χ0n) is 10.3. The Morgan fingerprint density at radius 2 is 2.11 bits per heavy atom. The molecule has 0 saturated heterocycles. The summed E-state index contributed by atoms with van der Waals surface area (Å²) in [6.07, 6.45) is 1.54. The summed E-state index contributed by atoms with van der Waals surface area (Å²) in [7, 11) is 1.58. The second-order valence-corrected chi connectivity index (χ2v) is 3.81. The van der Waals surface area contributed by atoms with E-state index >= 15 is 0 Å². The predicted molar refractivity (Wildman–Crippen MR) is 71.4 cm³/mol. The molecule has 0 aromatic heterocycles. The molecule has 0 spiro atoms. The van der Waals surface area contributed by atoms with Crippen LogP contribution in [0, 0.1) is 17.1 Å². The summed E-state index contributed by atoms with van der Waals surface area (Å²) < 4.78 is 18.5. The minimum absolute atomic E-state index is 0.0264. The van der Waals surface area contributed by atoms with Crippen LogP contribution in [0.3, 0.4) is 0 Å². The zero-order valence-corrected chi connectivity index (χ0v) is 10.3. The second-order valence-electron chi connectivity index (χ2n) is 3.81. The molecule has 94 valence electrons. The fraction of sp³-hybridized carbons (Fsp3) is 0.0667. The van der Waals surface area contributed by atoms with Gasteiger partial charge in [0.15, 0.2) is 0 Å². The van der Waals surface area contributed by atoms with E-state index < -0.39 is 5.82 Å². The van der Waals surface area contributed by atoms with Gasteiger partial charge in [-0.05, 0) is 29.8 Å². The number of benzene rings is 2. The summed E-state index contributed by atoms with van der Waals surface area (Å²) in [6.45, 7) is 0. The Morgan fingerprint density at radius 3 is 2.79 bits per heavy atom. The number of methoxy groups -OCH3 is 1. The van der Waals surface area contributed by atoms with Gasteiger partial charge >= 0.3 is 0 Å². The monoisotopic (exact) mass is 254 g/mol. The molecule has 0 heterocycles. The van der Waals surface area contributed by atoms with Crippen molar-refractivity contribution in [1.29, 1.82) is 5.26 Å². The minimum Gasteiger partial charge on any atom is -0.497 e. The fourth-order valence-corrected chi connectivity index (χ4v) is 1.54. The van der Waals surface area contributed by atoms with Crippen molar-refractivity contribution in [2.24, 2.45) is 4.99 Å². The molecule has 19 heavy (non-hydrogen) atoms. The van der Waals surface area contributed by atoms with Crippen molar-refractivity contribution in [3.8, 4) is 11.8 Å². The molecular weight excluding hydrogens is 243 g/mol. The first kappa shape index (κ1) is 12.8. The first-order valence-corrected chi connectivity index (χ1v) is 5.60. The molecule has 0 saturated carbocycles. The Hall–Kier alpha value is -2.67. The number of aliphatic imine (C=N–C) groups is 1. The van der Waals surface area contributed by atoms with Gasteiger partial charge in [-0.2, -0.15) is 5.26 Å². The number of rotatable bonds is 3. The SMILES string of the molecule is COc1cccc(/N=C/c2ccc(C#N)c(F)c2)c1. The summed E-state index contributed by atoms with van der Waals surface area (Å²) in [5, 5.41) is 8.64. The fourth-order valence-electron chi connectivity index (χ4n) is 1.54. The molecule has 0 N–H and O–H groups in total. The van der Waals surface area contributed by atoms with E-state index in [1.807, 2.05) is 18.2 Å². The summed E-state index contributed by atoms with van der Waals surface area (Å²) >= 11 is 0. The van der Waals surface area contributed by atoms with Crippen LogP contribution in [0.25, 0.3) is 0 Å². The maximum atomic E-state index is 13.4. The summed E-state index contributed by atoms with van der Waals surface area (Å²) in [6, 6.07) is 13.4. The van der Waals surface area contributed by atoms with Gasteiger partial charge in [0.05, 0.1) is 18.4 Å². The van der Waals surface area contributed by atoms with E-state index in [0.717, 1.165) is 0 Å². The molecule has 2 aromatic carbocycles. The van der Waals surface area contributed by atoms with Gasteiger partial charge < -0.3 is 4.74 Å². The Kier molecular flexibility index (Phi) is 3.89. The zero-order chi connectivity index (χ0) is 13.7. The maximum Gasteiger partial charge on any atom is 0.141 e. The highest BCUT2D eigenvalue weighted by Gasteiger charge is 2.01. The van der Waals surface area contributed by atoms with E-state index in [9.17, 15) is 4.39 Å². The van der Waals surface area contributed by atoms with Gasteiger partial charge in [0.1, 0.15) is 17.6 Å². The van der Waals surface area contributed by atoms with Crippen molar-refractivity contribution >= 4 is 11.9 Å². The van der Waals surface area contributed by atoms with Gasteiger partial charge in [0.25, 0.3) is 0 Å². The Morgan fingerprint density at radius 1 is 1.26 bits per heavy atom. The van der Waals surface area contributed by atoms with E-state index in [1.54, 1.807) is 31.5 Å². The first-order valence-electron chi connectivity index (χ1n) is 5.60. The lowest BCUT2D eigenvalue weighted by molar-refractivity contribution is 0.415. The molecule has 2 aromatic rings. The third-order valence-corrected chi connectivity index (χ3v) is 2.53. The predicted octanol–water partition coefficient (Wildman–Crippen LogP) is 3.46. The highest BCUT2D eigenvalue weighted by Crippen LogP contribution is 2.19. The summed E-state index contributed by atoms with van der Waals surface area (Å²) in [4.78, 5) is 4.23. The van der Waals surface area contributed by atoms with Crippen LogP contribution in [0.2, 0.25) is 0 Å². The van der Waals surface area contributed by atoms with E-state index in [2.05, 4.69) is 4.99 Å². The van der Waals surface area contributed by atoms with Crippen LogP contribution in [0.4, 0.5) is 10.1 Å². The molecule has 2 rings (SSSR count). The number of nitrogens with zero attached hydrogens (tertiary/aromatic N) is 2. The van der Waals surface area contributed by atoms with Crippen molar-refractivity contribution in [2.75, 3.05) is 7.11 Å². The van der Waals surface area contributed by atoms with Gasteiger partial charge in [-0.3, -0.25) is 4.99 Å². The lowest BCUT2D eigenvalue weighted by Gasteiger charge is -2.00. The quantitative estimate of drug-likeness (QED) is 0.787. The van der Waals surface area contributed by atoms with Gasteiger partial charge in [-0.15, -0.1) is 0 Å². The molecule has 0 aliphatic rings. The number of hydrogen-bond acceptors (Lipinski definition) is 3. The third kappa shape index (κ3) is 3.17. The molecule has 0 fully saturated rings. The van der Waals surface area contributed by atoms with Crippen molar-refractivity contribution in [3.05, 3.63) is 59.4 Å². The van der Waals surface area contributed by atoms with Crippen LogP contribution in [-0.4, -0.2) is 13.3 Å². The largest absolute Gasteiger partial charge is 0.497 e. The lowest BCUT2D eigenvalue weighted by Crippen LogP contribution is -1.87. The standard InChI is InChI=1S/C15H11FN2O/c1-19-14-4-2-3-13(8-14)18-10-11-5-6-12(9-17)15(16)7-11/h2-8,10H,1H3/b18-10+. The molecule has 0 bridgehead atoms. The van der Waals surface area contributed by atoms with E-state index in [-0.39, 0.29) is 5.56 Å².